The zero-order valence-electron chi connectivity index (χ0n) is 14.3. The molecule has 0 saturated heterocycles. The molecule has 0 saturated carbocycles. The fourth-order valence-corrected chi connectivity index (χ4v) is 2.51. The van der Waals surface area contributed by atoms with Crippen molar-refractivity contribution in [2.75, 3.05) is 14.2 Å². The first-order valence-corrected chi connectivity index (χ1v) is 7.69. The van der Waals surface area contributed by atoms with Crippen molar-refractivity contribution < 1.29 is 19.2 Å². The molecule has 2 aromatic carbocycles. The van der Waals surface area contributed by atoms with E-state index in [-0.39, 0.29) is 24.1 Å². The third-order valence-corrected chi connectivity index (χ3v) is 3.82. The molecular formula is C18H20N2O5. The molecule has 0 aliphatic heterocycles. The Morgan fingerprint density at radius 1 is 1.16 bits per heavy atom. The third-order valence-electron chi connectivity index (χ3n) is 3.82. The summed E-state index contributed by atoms with van der Waals surface area (Å²) >= 11 is 0. The van der Waals surface area contributed by atoms with Gasteiger partial charge in [0, 0.05) is 11.6 Å². The van der Waals surface area contributed by atoms with Crippen LogP contribution >= 0.6 is 0 Å². The minimum absolute atomic E-state index is 0.0589. The number of para-hydroxylation sites is 1. The molecule has 7 nitrogen and oxygen atoms in total. The predicted molar refractivity (Wildman–Crippen MR) is 92.9 cm³/mol. The fourth-order valence-electron chi connectivity index (χ4n) is 2.51. The summed E-state index contributed by atoms with van der Waals surface area (Å²) in [7, 11) is 3.09. The molecule has 25 heavy (non-hydrogen) atoms. The number of nitro benzene ring substituents is 1. The Morgan fingerprint density at radius 2 is 1.84 bits per heavy atom. The summed E-state index contributed by atoms with van der Waals surface area (Å²) in [6.45, 7) is 1.83. The van der Waals surface area contributed by atoms with E-state index in [1.54, 1.807) is 44.6 Å². The van der Waals surface area contributed by atoms with Gasteiger partial charge in [-0.25, -0.2) is 0 Å². The molecule has 1 N–H and O–H groups in total. The van der Waals surface area contributed by atoms with Crippen LogP contribution in [0.2, 0.25) is 0 Å². The number of amides is 1. The lowest BCUT2D eigenvalue weighted by molar-refractivity contribution is -0.385. The van der Waals surface area contributed by atoms with Crippen molar-refractivity contribution in [3.8, 4) is 11.5 Å². The van der Waals surface area contributed by atoms with Gasteiger partial charge in [0.05, 0.1) is 31.6 Å². The van der Waals surface area contributed by atoms with Gasteiger partial charge in [-0.1, -0.05) is 24.3 Å². The summed E-state index contributed by atoms with van der Waals surface area (Å²) < 4.78 is 10.4. The predicted octanol–water partition coefficient (Wildman–Crippen LogP) is 3.03. The second-order valence-corrected chi connectivity index (χ2v) is 5.47. The van der Waals surface area contributed by atoms with E-state index in [1.165, 1.54) is 6.07 Å². The lowest BCUT2D eigenvalue weighted by atomic mass is 10.1. The Kier molecular flexibility index (Phi) is 5.94. The number of rotatable bonds is 7. The van der Waals surface area contributed by atoms with Crippen molar-refractivity contribution in [2.24, 2.45) is 0 Å². The first-order valence-electron chi connectivity index (χ1n) is 7.69. The monoisotopic (exact) mass is 344 g/mol. The summed E-state index contributed by atoms with van der Waals surface area (Å²) in [6, 6.07) is 11.3. The average molecular weight is 344 g/mol. The maximum absolute atomic E-state index is 12.3. The Morgan fingerprint density at radius 3 is 2.48 bits per heavy atom. The Hall–Kier alpha value is -3.09. The van der Waals surface area contributed by atoms with Crippen LogP contribution in [0.3, 0.4) is 0 Å². The number of nitrogens with zero attached hydrogens (tertiary/aromatic N) is 1. The molecule has 132 valence electrons. The van der Waals surface area contributed by atoms with Gasteiger partial charge in [0.2, 0.25) is 5.91 Å². The molecular weight excluding hydrogens is 324 g/mol. The maximum atomic E-state index is 12.3. The Bertz CT molecular complexity index is 776. The summed E-state index contributed by atoms with van der Waals surface area (Å²) in [5, 5.41) is 13.9. The normalized spacial score (nSPS) is 11.5. The highest BCUT2D eigenvalue weighted by Gasteiger charge is 2.17. The van der Waals surface area contributed by atoms with E-state index in [9.17, 15) is 14.9 Å². The van der Waals surface area contributed by atoms with Crippen molar-refractivity contribution in [1.82, 2.24) is 5.32 Å². The van der Waals surface area contributed by atoms with Crippen molar-refractivity contribution >= 4 is 11.6 Å². The molecule has 0 heterocycles. The van der Waals surface area contributed by atoms with E-state index in [2.05, 4.69) is 5.32 Å². The maximum Gasteiger partial charge on any atom is 0.273 e. The standard InChI is InChI=1S/C18H20N2O5/c1-12(13-8-9-16(24-2)17(10-13)25-3)19-18(21)11-14-6-4-5-7-15(14)20(22)23/h4-10,12H,11H2,1-3H3,(H,19,21)/t12-/m1/s1. The smallest absolute Gasteiger partial charge is 0.273 e. The van der Waals surface area contributed by atoms with Crippen LogP contribution in [0.4, 0.5) is 5.69 Å². The van der Waals surface area contributed by atoms with Gasteiger partial charge in [-0.3, -0.25) is 14.9 Å². The van der Waals surface area contributed by atoms with Crippen molar-refractivity contribution in [3.63, 3.8) is 0 Å². The van der Waals surface area contributed by atoms with Crippen molar-refractivity contribution in [1.29, 1.82) is 0 Å². The number of hydrogen-bond acceptors (Lipinski definition) is 5. The number of ether oxygens (including phenoxy) is 2. The third kappa shape index (κ3) is 4.47. The molecule has 0 unspecified atom stereocenters. The van der Waals surface area contributed by atoms with Crippen LogP contribution in [-0.2, 0) is 11.2 Å². The number of nitrogens with one attached hydrogen (secondary N) is 1. The average Bonchev–Trinajstić information content (AvgIpc) is 2.61. The number of carbonyl (C=O) groups excluding carboxylic acids is 1. The molecule has 7 heteroatoms. The van der Waals surface area contributed by atoms with Crippen LogP contribution in [0.25, 0.3) is 0 Å². The number of methoxy groups -OCH3 is 2. The minimum Gasteiger partial charge on any atom is -0.493 e. The second kappa shape index (κ2) is 8.14. The van der Waals surface area contributed by atoms with Crippen LogP contribution in [0, 0.1) is 10.1 Å². The molecule has 2 aromatic rings. The van der Waals surface area contributed by atoms with Crippen LogP contribution in [0.15, 0.2) is 42.5 Å². The number of hydrogen-bond donors (Lipinski definition) is 1. The summed E-state index contributed by atoms with van der Waals surface area (Å²) in [5.74, 6) is 0.876. The first-order chi connectivity index (χ1) is 12.0. The zero-order chi connectivity index (χ0) is 18.4. The summed E-state index contributed by atoms with van der Waals surface area (Å²) in [6.07, 6.45) is -0.0607. The fraction of sp³-hybridized carbons (Fsp3) is 0.278. The van der Waals surface area contributed by atoms with E-state index in [1.807, 2.05) is 13.0 Å². The van der Waals surface area contributed by atoms with Crippen molar-refractivity contribution in [2.45, 2.75) is 19.4 Å². The van der Waals surface area contributed by atoms with E-state index >= 15 is 0 Å². The van der Waals surface area contributed by atoms with Gasteiger partial charge < -0.3 is 14.8 Å². The van der Waals surface area contributed by atoms with Crippen LogP contribution < -0.4 is 14.8 Å². The van der Waals surface area contributed by atoms with E-state index < -0.39 is 4.92 Å². The van der Waals surface area contributed by atoms with E-state index in [0.29, 0.717) is 17.1 Å². The first kappa shape index (κ1) is 18.3. The second-order valence-electron chi connectivity index (χ2n) is 5.47. The highest BCUT2D eigenvalue weighted by molar-refractivity contribution is 5.80. The highest BCUT2D eigenvalue weighted by atomic mass is 16.6. The largest absolute Gasteiger partial charge is 0.493 e. The molecule has 0 fully saturated rings. The molecule has 0 spiro atoms. The van der Waals surface area contributed by atoms with Crippen LogP contribution in [-0.4, -0.2) is 25.1 Å². The Labute approximate surface area is 145 Å². The SMILES string of the molecule is COc1ccc([C@@H](C)NC(=O)Cc2ccccc2[N+](=O)[O-])cc1OC. The topological polar surface area (TPSA) is 90.7 Å². The number of benzene rings is 2. The lowest BCUT2D eigenvalue weighted by Gasteiger charge is -2.16. The summed E-state index contributed by atoms with van der Waals surface area (Å²) in [5.41, 5.74) is 1.16. The van der Waals surface area contributed by atoms with Gasteiger partial charge in [0.25, 0.3) is 5.69 Å². The molecule has 0 aliphatic carbocycles. The highest BCUT2D eigenvalue weighted by Crippen LogP contribution is 2.30. The molecule has 0 aromatic heterocycles. The van der Waals surface area contributed by atoms with E-state index in [4.69, 9.17) is 9.47 Å². The summed E-state index contributed by atoms with van der Waals surface area (Å²) in [4.78, 5) is 22.8. The van der Waals surface area contributed by atoms with Gasteiger partial charge in [0.15, 0.2) is 11.5 Å². The molecule has 2 rings (SSSR count). The van der Waals surface area contributed by atoms with Gasteiger partial charge >= 0.3 is 0 Å². The molecule has 0 aliphatic rings. The van der Waals surface area contributed by atoms with Crippen LogP contribution in [0.5, 0.6) is 11.5 Å². The molecule has 0 bridgehead atoms. The molecule has 1 amide bonds. The van der Waals surface area contributed by atoms with Gasteiger partial charge in [-0.05, 0) is 24.6 Å². The minimum atomic E-state index is -0.486. The number of nitro groups is 1. The molecule has 0 radical (unpaired) electrons. The molecule has 1 atom stereocenters. The van der Waals surface area contributed by atoms with Gasteiger partial charge in [-0.15, -0.1) is 0 Å². The van der Waals surface area contributed by atoms with Gasteiger partial charge in [0.1, 0.15) is 0 Å². The van der Waals surface area contributed by atoms with Gasteiger partial charge in [-0.2, -0.15) is 0 Å². The Balaban J connectivity index is 2.09. The van der Waals surface area contributed by atoms with Crippen LogP contribution in [0.1, 0.15) is 24.1 Å². The van der Waals surface area contributed by atoms with E-state index in [0.717, 1.165) is 5.56 Å². The number of carbonyl (C=O) groups is 1. The zero-order valence-corrected chi connectivity index (χ0v) is 14.3. The lowest BCUT2D eigenvalue weighted by Crippen LogP contribution is -2.28. The quantitative estimate of drug-likeness (QED) is 0.616. The van der Waals surface area contributed by atoms with Crippen molar-refractivity contribution in [3.05, 3.63) is 63.7 Å².